The second kappa shape index (κ2) is 7.24. The molecule has 114 valence electrons. The lowest BCUT2D eigenvalue weighted by Crippen LogP contribution is -2.23. The van der Waals surface area contributed by atoms with E-state index in [0.29, 0.717) is 6.04 Å². The SMILES string of the molecule is CCNC(/C1=C/CCCCCC1)c1ccc2c(c1)COC2. The maximum absolute atomic E-state index is 5.56. The predicted octanol–water partition coefficient (Wildman–Crippen LogP) is 4.65. The van der Waals surface area contributed by atoms with Gasteiger partial charge in [-0.1, -0.05) is 49.6 Å². The van der Waals surface area contributed by atoms with Crippen molar-refractivity contribution in [3.63, 3.8) is 0 Å². The van der Waals surface area contributed by atoms with E-state index in [1.807, 2.05) is 0 Å². The van der Waals surface area contributed by atoms with Crippen molar-refractivity contribution < 1.29 is 4.74 Å². The molecule has 1 aliphatic carbocycles. The molecular formula is C19H27NO. The van der Waals surface area contributed by atoms with Crippen LogP contribution in [0.4, 0.5) is 0 Å². The second-order valence-corrected chi connectivity index (χ2v) is 6.24. The Kier molecular flexibility index (Phi) is 5.10. The van der Waals surface area contributed by atoms with E-state index >= 15 is 0 Å². The number of benzene rings is 1. The third kappa shape index (κ3) is 3.56. The fourth-order valence-electron chi connectivity index (χ4n) is 3.52. The molecule has 1 aromatic carbocycles. The minimum Gasteiger partial charge on any atom is -0.372 e. The van der Waals surface area contributed by atoms with Crippen LogP contribution in [0.3, 0.4) is 0 Å². The molecule has 0 aromatic heterocycles. The average Bonchev–Trinajstić information content (AvgIpc) is 2.92. The summed E-state index contributed by atoms with van der Waals surface area (Å²) >= 11 is 0. The Morgan fingerprint density at radius 3 is 2.86 bits per heavy atom. The van der Waals surface area contributed by atoms with E-state index < -0.39 is 0 Å². The fourth-order valence-corrected chi connectivity index (χ4v) is 3.52. The highest BCUT2D eigenvalue weighted by Crippen LogP contribution is 2.31. The van der Waals surface area contributed by atoms with Crippen molar-refractivity contribution in [2.75, 3.05) is 6.54 Å². The van der Waals surface area contributed by atoms with Crippen LogP contribution in [0.15, 0.2) is 29.8 Å². The first-order valence-electron chi connectivity index (χ1n) is 8.50. The van der Waals surface area contributed by atoms with Gasteiger partial charge in [-0.25, -0.2) is 0 Å². The number of ether oxygens (including phenoxy) is 1. The molecule has 2 nitrogen and oxygen atoms in total. The summed E-state index contributed by atoms with van der Waals surface area (Å²) in [6, 6.07) is 7.29. The Morgan fingerprint density at radius 1 is 1.10 bits per heavy atom. The Hall–Kier alpha value is -1.12. The van der Waals surface area contributed by atoms with E-state index in [0.717, 1.165) is 19.8 Å². The van der Waals surface area contributed by atoms with Gasteiger partial charge < -0.3 is 10.1 Å². The van der Waals surface area contributed by atoms with Gasteiger partial charge in [-0.15, -0.1) is 0 Å². The van der Waals surface area contributed by atoms with Gasteiger partial charge in [0.25, 0.3) is 0 Å². The second-order valence-electron chi connectivity index (χ2n) is 6.24. The van der Waals surface area contributed by atoms with E-state index in [4.69, 9.17) is 4.74 Å². The van der Waals surface area contributed by atoms with Crippen molar-refractivity contribution in [3.8, 4) is 0 Å². The normalized spacial score (nSPS) is 22.8. The molecule has 0 saturated heterocycles. The molecule has 1 aliphatic heterocycles. The van der Waals surface area contributed by atoms with Crippen molar-refractivity contribution in [3.05, 3.63) is 46.5 Å². The number of hydrogen-bond acceptors (Lipinski definition) is 2. The van der Waals surface area contributed by atoms with Crippen LogP contribution in [0.25, 0.3) is 0 Å². The topological polar surface area (TPSA) is 21.3 Å². The maximum Gasteiger partial charge on any atom is 0.0725 e. The summed E-state index contributed by atoms with van der Waals surface area (Å²) in [7, 11) is 0. The molecule has 0 spiro atoms. The van der Waals surface area contributed by atoms with Crippen molar-refractivity contribution >= 4 is 0 Å². The maximum atomic E-state index is 5.56. The molecule has 2 heteroatoms. The van der Waals surface area contributed by atoms with E-state index in [1.165, 1.54) is 55.2 Å². The Bertz CT molecular complexity index is 506. The van der Waals surface area contributed by atoms with Gasteiger partial charge in [0.2, 0.25) is 0 Å². The lowest BCUT2D eigenvalue weighted by atomic mass is 9.89. The van der Waals surface area contributed by atoms with Crippen LogP contribution in [-0.2, 0) is 18.0 Å². The molecule has 0 bridgehead atoms. The molecule has 21 heavy (non-hydrogen) atoms. The molecule has 0 fully saturated rings. The zero-order valence-corrected chi connectivity index (χ0v) is 13.2. The van der Waals surface area contributed by atoms with Crippen molar-refractivity contribution in [2.45, 2.75) is 64.7 Å². The zero-order valence-electron chi connectivity index (χ0n) is 13.2. The standard InChI is InChI=1S/C19H27NO/c1-2-20-19(15-8-6-4-3-5-7-9-15)16-10-11-17-13-21-14-18(17)12-16/h8,10-12,19-20H,2-7,9,13-14H2,1H3/b15-8+. The summed E-state index contributed by atoms with van der Waals surface area (Å²) in [5.41, 5.74) is 5.74. The predicted molar refractivity (Wildman–Crippen MR) is 87.1 cm³/mol. The summed E-state index contributed by atoms with van der Waals surface area (Å²) in [6.07, 6.45) is 10.4. The monoisotopic (exact) mass is 285 g/mol. The van der Waals surface area contributed by atoms with Crippen LogP contribution in [0.2, 0.25) is 0 Å². The summed E-state index contributed by atoms with van der Waals surface area (Å²) in [4.78, 5) is 0. The molecule has 2 aliphatic rings. The number of fused-ring (bicyclic) bond motifs is 1. The minimum absolute atomic E-state index is 0.388. The summed E-state index contributed by atoms with van der Waals surface area (Å²) in [6.45, 7) is 4.77. The van der Waals surface area contributed by atoms with Gasteiger partial charge in [0.1, 0.15) is 0 Å². The molecular weight excluding hydrogens is 258 g/mol. The van der Waals surface area contributed by atoms with E-state index in [-0.39, 0.29) is 0 Å². The summed E-state index contributed by atoms with van der Waals surface area (Å²) < 4.78 is 5.56. The van der Waals surface area contributed by atoms with Gasteiger partial charge in [0, 0.05) is 0 Å². The van der Waals surface area contributed by atoms with Gasteiger partial charge in [-0.3, -0.25) is 0 Å². The van der Waals surface area contributed by atoms with E-state index in [1.54, 1.807) is 5.57 Å². The number of rotatable bonds is 4. The summed E-state index contributed by atoms with van der Waals surface area (Å²) in [5, 5.41) is 3.70. The van der Waals surface area contributed by atoms with Crippen LogP contribution in [0, 0.1) is 0 Å². The van der Waals surface area contributed by atoms with Gasteiger partial charge in [0.05, 0.1) is 19.3 Å². The first-order valence-corrected chi connectivity index (χ1v) is 8.50. The largest absolute Gasteiger partial charge is 0.372 e. The lowest BCUT2D eigenvalue weighted by molar-refractivity contribution is 0.134. The highest BCUT2D eigenvalue weighted by atomic mass is 16.5. The lowest BCUT2D eigenvalue weighted by Gasteiger charge is -2.24. The molecule has 0 radical (unpaired) electrons. The number of nitrogens with one attached hydrogen (secondary N) is 1. The molecule has 3 rings (SSSR count). The quantitative estimate of drug-likeness (QED) is 0.813. The van der Waals surface area contributed by atoms with Gasteiger partial charge in [-0.2, -0.15) is 0 Å². The smallest absolute Gasteiger partial charge is 0.0725 e. The fraction of sp³-hybridized carbons (Fsp3) is 0.579. The minimum atomic E-state index is 0.388. The Balaban J connectivity index is 1.86. The Morgan fingerprint density at radius 2 is 1.95 bits per heavy atom. The van der Waals surface area contributed by atoms with Crippen LogP contribution < -0.4 is 5.32 Å². The van der Waals surface area contributed by atoms with Crippen molar-refractivity contribution in [1.29, 1.82) is 0 Å². The first-order chi connectivity index (χ1) is 10.4. The highest BCUT2D eigenvalue weighted by molar-refractivity contribution is 5.37. The third-order valence-corrected chi connectivity index (χ3v) is 4.68. The molecule has 1 unspecified atom stereocenters. The summed E-state index contributed by atoms with van der Waals surface area (Å²) in [5.74, 6) is 0. The number of allylic oxidation sites excluding steroid dienone is 1. The van der Waals surface area contributed by atoms with Gasteiger partial charge in [-0.05, 0) is 48.9 Å². The van der Waals surface area contributed by atoms with Crippen LogP contribution in [0.1, 0.15) is 68.2 Å². The van der Waals surface area contributed by atoms with Crippen molar-refractivity contribution in [1.82, 2.24) is 5.32 Å². The molecule has 0 saturated carbocycles. The van der Waals surface area contributed by atoms with Crippen LogP contribution in [0.5, 0.6) is 0 Å². The molecule has 1 heterocycles. The molecule has 0 amide bonds. The molecule has 1 aromatic rings. The molecule has 1 N–H and O–H groups in total. The van der Waals surface area contributed by atoms with Crippen LogP contribution in [-0.4, -0.2) is 6.54 Å². The van der Waals surface area contributed by atoms with Gasteiger partial charge in [0.15, 0.2) is 0 Å². The average molecular weight is 285 g/mol. The van der Waals surface area contributed by atoms with E-state index in [9.17, 15) is 0 Å². The van der Waals surface area contributed by atoms with Crippen LogP contribution >= 0.6 is 0 Å². The van der Waals surface area contributed by atoms with E-state index in [2.05, 4.69) is 36.5 Å². The number of hydrogen-bond donors (Lipinski definition) is 1. The first kappa shape index (κ1) is 14.8. The number of likely N-dealkylation sites (N-methyl/N-ethyl adjacent to an activating group) is 1. The third-order valence-electron chi connectivity index (χ3n) is 4.68. The Labute approximate surface area is 128 Å². The highest BCUT2D eigenvalue weighted by Gasteiger charge is 2.19. The van der Waals surface area contributed by atoms with Crippen molar-refractivity contribution in [2.24, 2.45) is 0 Å². The van der Waals surface area contributed by atoms with Gasteiger partial charge >= 0.3 is 0 Å². The molecule has 1 atom stereocenters. The zero-order chi connectivity index (χ0) is 14.5.